The summed E-state index contributed by atoms with van der Waals surface area (Å²) in [5.74, 6) is 0.00996. The zero-order valence-corrected chi connectivity index (χ0v) is 13.1. The number of hydrogen-bond acceptors (Lipinski definition) is 5. The zero-order chi connectivity index (χ0) is 16.4. The summed E-state index contributed by atoms with van der Waals surface area (Å²) in [5, 5.41) is 15.5. The summed E-state index contributed by atoms with van der Waals surface area (Å²) in [5.41, 5.74) is 1.30. The monoisotopic (exact) mass is 323 g/mol. The van der Waals surface area contributed by atoms with Crippen LogP contribution in [-0.2, 0) is 6.54 Å². The maximum Gasteiger partial charge on any atom is 0.256 e. The molecule has 0 spiro atoms. The summed E-state index contributed by atoms with van der Waals surface area (Å²) in [6.07, 6.45) is 7.17. The smallest absolute Gasteiger partial charge is 0.256 e. The van der Waals surface area contributed by atoms with Gasteiger partial charge in [0.05, 0.1) is 23.8 Å². The zero-order valence-electron chi connectivity index (χ0n) is 13.1. The molecule has 122 valence electrons. The van der Waals surface area contributed by atoms with Crippen molar-refractivity contribution >= 4 is 5.91 Å². The van der Waals surface area contributed by atoms with Crippen LogP contribution in [0.15, 0.2) is 49.1 Å². The van der Waals surface area contributed by atoms with Crippen LogP contribution in [0.25, 0.3) is 5.69 Å². The van der Waals surface area contributed by atoms with Gasteiger partial charge in [0.25, 0.3) is 5.91 Å². The first-order valence-corrected chi connectivity index (χ1v) is 7.94. The number of amides is 1. The minimum atomic E-state index is 0.00996. The topological polar surface area (TPSA) is 81.7 Å². The van der Waals surface area contributed by atoms with Crippen LogP contribution in [0.3, 0.4) is 0 Å². The van der Waals surface area contributed by atoms with Gasteiger partial charge in [0.2, 0.25) is 0 Å². The number of nitrogens with zero attached hydrogens (tertiary/aromatic N) is 7. The van der Waals surface area contributed by atoms with Crippen LogP contribution in [0.2, 0.25) is 0 Å². The minimum absolute atomic E-state index is 0.00996. The molecule has 4 rings (SSSR count). The molecule has 1 aromatic carbocycles. The number of para-hydroxylation sites is 1. The summed E-state index contributed by atoms with van der Waals surface area (Å²) < 4.78 is 3.40. The highest BCUT2D eigenvalue weighted by molar-refractivity contribution is 5.98. The Labute approximate surface area is 138 Å². The number of hydrogen-bond donors (Lipinski definition) is 0. The second-order valence-electron chi connectivity index (χ2n) is 5.79. The molecule has 0 unspecified atom stereocenters. The Morgan fingerprint density at radius 2 is 2.17 bits per heavy atom. The first kappa shape index (κ1) is 14.6. The average Bonchev–Trinajstić information content (AvgIpc) is 3.37. The third-order valence-electron chi connectivity index (χ3n) is 4.33. The van der Waals surface area contributed by atoms with Crippen LogP contribution >= 0.6 is 0 Å². The van der Waals surface area contributed by atoms with Crippen LogP contribution in [-0.4, -0.2) is 53.4 Å². The Morgan fingerprint density at radius 1 is 1.25 bits per heavy atom. The summed E-state index contributed by atoms with van der Waals surface area (Å²) in [4.78, 5) is 15.1. The molecule has 3 aromatic rings. The third-order valence-corrected chi connectivity index (χ3v) is 4.33. The van der Waals surface area contributed by atoms with E-state index in [1.165, 1.54) is 11.0 Å². The highest BCUT2D eigenvalue weighted by Gasteiger charge is 2.31. The number of tetrazole rings is 1. The van der Waals surface area contributed by atoms with Gasteiger partial charge in [-0.15, -0.1) is 5.10 Å². The van der Waals surface area contributed by atoms with E-state index in [4.69, 9.17) is 0 Å². The number of carbonyl (C=O) groups is 1. The Balaban J connectivity index is 1.61. The van der Waals surface area contributed by atoms with Gasteiger partial charge in [0, 0.05) is 18.9 Å². The van der Waals surface area contributed by atoms with E-state index in [1.54, 1.807) is 6.20 Å². The fourth-order valence-electron chi connectivity index (χ4n) is 3.20. The van der Waals surface area contributed by atoms with Crippen molar-refractivity contribution in [3.05, 3.63) is 54.6 Å². The number of carbonyl (C=O) groups excluding carboxylic acids is 1. The molecule has 0 bridgehead atoms. The molecule has 24 heavy (non-hydrogen) atoms. The first-order chi connectivity index (χ1) is 11.8. The molecule has 2 aromatic heterocycles. The van der Waals surface area contributed by atoms with Crippen LogP contribution in [0.4, 0.5) is 0 Å². The predicted molar refractivity (Wildman–Crippen MR) is 85.4 cm³/mol. The van der Waals surface area contributed by atoms with Crippen molar-refractivity contribution in [2.75, 3.05) is 6.54 Å². The fraction of sp³-hybridized carbons (Fsp3) is 0.312. The van der Waals surface area contributed by atoms with Crippen LogP contribution < -0.4 is 0 Å². The molecule has 8 heteroatoms. The van der Waals surface area contributed by atoms with Gasteiger partial charge >= 0.3 is 0 Å². The molecule has 1 amide bonds. The highest BCUT2D eigenvalue weighted by Crippen LogP contribution is 2.23. The molecule has 0 N–H and O–H groups in total. The van der Waals surface area contributed by atoms with Crippen LogP contribution in [0, 0.1) is 0 Å². The summed E-state index contributed by atoms with van der Waals surface area (Å²) in [7, 11) is 0. The van der Waals surface area contributed by atoms with Gasteiger partial charge in [-0.2, -0.15) is 9.78 Å². The molecule has 1 aliphatic rings. The summed E-state index contributed by atoms with van der Waals surface area (Å²) in [6, 6.07) is 9.46. The Bertz CT molecular complexity index is 813. The lowest BCUT2D eigenvalue weighted by atomic mass is 10.1. The van der Waals surface area contributed by atoms with Crippen molar-refractivity contribution in [1.29, 1.82) is 0 Å². The molecular formula is C16H17N7O. The largest absolute Gasteiger partial charge is 0.334 e. The highest BCUT2D eigenvalue weighted by atomic mass is 16.2. The van der Waals surface area contributed by atoms with Gasteiger partial charge < -0.3 is 4.90 Å². The second-order valence-corrected chi connectivity index (χ2v) is 5.79. The maximum atomic E-state index is 13.1. The molecule has 0 saturated carbocycles. The standard InChI is InChI=1S/C16H17N7O/c24-16(14-6-1-2-7-15(14)23-12-17-19-20-23)22-10-3-5-13(22)11-21-9-4-8-18-21/h1-2,4,6-9,12-13H,3,5,10-11H2/t13-/m1/s1. The lowest BCUT2D eigenvalue weighted by Crippen LogP contribution is -2.38. The number of benzene rings is 1. The van der Waals surface area contributed by atoms with Crippen molar-refractivity contribution < 1.29 is 4.79 Å². The van der Waals surface area contributed by atoms with Gasteiger partial charge in [-0.05, 0) is 41.5 Å². The Kier molecular flexibility index (Phi) is 3.78. The third kappa shape index (κ3) is 2.66. The predicted octanol–water partition coefficient (Wildman–Crippen LogP) is 1.16. The van der Waals surface area contributed by atoms with E-state index < -0.39 is 0 Å². The lowest BCUT2D eigenvalue weighted by Gasteiger charge is -2.25. The SMILES string of the molecule is O=C(c1ccccc1-n1cnnn1)N1CCC[C@@H]1Cn1cccn1. The molecule has 1 aliphatic heterocycles. The number of likely N-dealkylation sites (tertiary alicyclic amines) is 1. The van der Waals surface area contributed by atoms with Gasteiger partial charge in [0.1, 0.15) is 6.33 Å². The van der Waals surface area contributed by atoms with Crippen LogP contribution in [0.1, 0.15) is 23.2 Å². The van der Waals surface area contributed by atoms with Crippen molar-refractivity contribution in [1.82, 2.24) is 34.9 Å². The van der Waals surface area contributed by atoms with Gasteiger partial charge in [-0.25, -0.2) is 0 Å². The lowest BCUT2D eigenvalue weighted by molar-refractivity contribution is 0.0721. The molecule has 3 heterocycles. The average molecular weight is 323 g/mol. The van der Waals surface area contributed by atoms with Crippen LogP contribution in [0.5, 0.6) is 0 Å². The summed E-state index contributed by atoms with van der Waals surface area (Å²) in [6.45, 7) is 1.47. The molecular weight excluding hydrogens is 306 g/mol. The molecule has 1 saturated heterocycles. The summed E-state index contributed by atoms with van der Waals surface area (Å²) >= 11 is 0. The van der Waals surface area contributed by atoms with E-state index in [0.29, 0.717) is 17.8 Å². The van der Waals surface area contributed by atoms with Crippen molar-refractivity contribution in [3.8, 4) is 5.69 Å². The maximum absolute atomic E-state index is 13.1. The second kappa shape index (κ2) is 6.23. The van der Waals surface area contributed by atoms with E-state index in [0.717, 1.165) is 19.4 Å². The number of aromatic nitrogens is 6. The molecule has 0 radical (unpaired) electrons. The van der Waals surface area contributed by atoms with E-state index in [-0.39, 0.29) is 11.9 Å². The Morgan fingerprint density at radius 3 is 2.96 bits per heavy atom. The van der Waals surface area contributed by atoms with E-state index >= 15 is 0 Å². The van der Waals surface area contributed by atoms with Gasteiger partial charge in [-0.1, -0.05) is 12.1 Å². The number of rotatable bonds is 4. The normalized spacial score (nSPS) is 17.3. The van der Waals surface area contributed by atoms with E-state index in [1.807, 2.05) is 46.1 Å². The molecule has 8 nitrogen and oxygen atoms in total. The van der Waals surface area contributed by atoms with E-state index in [9.17, 15) is 4.79 Å². The van der Waals surface area contributed by atoms with Crippen molar-refractivity contribution in [2.24, 2.45) is 0 Å². The quantitative estimate of drug-likeness (QED) is 0.720. The Hall–Kier alpha value is -3.03. The van der Waals surface area contributed by atoms with E-state index in [2.05, 4.69) is 20.6 Å². The molecule has 0 aliphatic carbocycles. The minimum Gasteiger partial charge on any atom is -0.334 e. The molecule has 1 atom stereocenters. The van der Waals surface area contributed by atoms with Gasteiger partial charge in [0.15, 0.2) is 0 Å². The van der Waals surface area contributed by atoms with Crippen molar-refractivity contribution in [3.63, 3.8) is 0 Å². The van der Waals surface area contributed by atoms with Crippen molar-refractivity contribution in [2.45, 2.75) is 25.4 Å². The molecule has 1 fully saturated rings. The first-order valence-electron chi connectivity index (χ1n) is 7.94. The van der Waals surface area contributed by atoms with Gasteiger partial charge in [-0.3, -0.25) is 9.48 Å². The fourth-order valence-corrected chi connectivity index (χ4v) is 3.20.